The van der Waals surface area contributed by atoms with Crippen LogP contribution in [-0.2, 0) is 4.79 Å². The van der Waals surface area contributed by atoms with E-state index in [2.05, 4.69) is 17.6 Å². The van der Waals surface area contributed by atoms with Gasteiger partial charge in [-0.3, -0.25) is 10.1 Å². The third kappa shape index (κ3) is 3.37. The molecule has 0 radical (unpaired) electrons. The second-order valence-corrected chi connectivity index (χ2v) is 6.06. The Morgan fingerprint density at radius 1 is 1.20 bits per heavy atom. The van der Waals surface area contributed by atoms with Gasteiger partial charge in [0.25, 0.3) is 0 Å². The molecule has 2 aliphatic rings. The van der Waals surface area contributed by atoms with Gasteiger partial charge in [-0.2, -0.15) is 0 Å². The van der Waals surface area contributed by atoms with Crippen molar-refractivity contribution in [3.8, 4) is 0 Å². The molecule has 2 unspecified atom stereocenters. The molecule has 2 fully saturated rings. The molecule has 3 rings (SSSR count). The van der Waals surface area contributed by atoms with Gasteiger partial charge in [0.1, 0.15) is 11.9 Å². The van der Waals surface area contributed by atoms with Gasteiger partial charge >= 0.3 is 0 Å². The van der Waals surface area contributed by atoms with Crippen molar-refractivity contribution < 1.29 is 9.18 Å². The number of nitrogens with one attached hydrogen (secondary N) is 2. The topological polar surface area (TPSA) is 41.1 Å². The van der Waals surface area contributed by atoms with Crippen molar-refractivity contribution >= 4 is 5.91 Å². The summed E-state index contributed by atoms with van der Waals surface area (Å²) in [6, 6.07) is 6.48. The van der Waals surface area contributed by atoms with Crippen LogP contribution >= 0.6 is 0 Å². The maximum Gasteiger partial charge on any atom is 0.241 e. The summed E-state index contributed by atoms with van der Waals surface area (Å²) in [5.74, 6) is 0.406. The maximum atomic E-state index is 13.1. The molecule has 0 aromatic heterocycles. The largest absolute Gasteiger partial charge is 0.352 e. The van der Waals surface area contributed by atoms with Crippen LogP contribution in [0.1, 0.15) is 44.2 Å². The van der Waals surface area contributed by atoms with Crippen molar-refractivity contribution in [2.24, 2.45) is 5.92 Å². The molecule has 2 N–H and O–H groups in total. The van der Waals surface area contributed by atoms with Crippen LogP contribution in [0.15, 0.2) is 24.3 Å². The Morgan fingerprint density at radius 2 is 1.85 bits per heavy atom. The Labute approximate surface area is 118 Å². The fourth-order valence-electron chi connectivity index (χ4n) is 2.49. The van der Waals surface area contributed by atoms with Crippen LogP contribution in [0.25, 0.3) is 0 Å². The Kier molecular flexibility index (Phi) is 3.74. The molecule has 1 aromatic rings. The molecule has 0 aliphatic heterocycles. The highest BCUT2D eigenvalue weighted by molar-refractivity contribution is 5.83. The molecule has 2 aliphatic carbocycles. The zero-order valence-electron chi connectivity index (χ0n) is 11.7. The van der Waals surface area contributed by atoms with Gasteiger partial charge in [0.05, 0.1) is 0 Å². The van der Waals surface area contributed by atoms with E-state index in [9.17, 15) is 9.18 Å². The second kappa shape index (κ2) is 5.52. The van der Waals surface area contributed by atoms with Crippen LogP contribution in [-0.4, -0.2) is 18.0 Å². The Hall–Kier alpha value is -1.42. The third-order valence-corrected chi connectivity index (χ3v) is 4.15. The summed E-state index contributed by atoms with van der Waals surface area (Å²) in [6.45, 7) is 2.12. The number of hydrogen-bond acceptors (Lipinski definition) is 2. The molecule has 0 bridgehead atoms. The summed E-state index contributed by atoms with van der Waals surface area (Å²) in [7, 11) is 0. The van der Waals surface area contributed by atoms with Crippen molar-refractivity contribution in [2.45, 2.75) is 50.7 Å². The van der Waals surface area contributed by atoms with E-state index in [-0.39, 0.29) is 17.8 Å². The number of benzene rings is 1. The van der Waals surface area contributed by atoms with Gasteiger partial charge in [-0.1, -0.05) is 12.1 Å². The Balaban J connectivity index is 1.73. The molecular formula is C16H21FN2O. The number of hydrogen-bond donors (Lipinski definition) is 2. The molecular weight excluding hydrogens is 255 g/mol. The van der Waals surface area contributed by atoms with E-state index in [1.54, 1.807) is 12.1 Å². The molecule has 0 saturated heterocycles. The Morgan fingerprint density at radius 3 is 2.40 bits per heavy atom. The quantitative estimate of drug-likeness (QED) is 0.838. The van der Waals surface area contributed by atoms with Crippen molar-refractivity contribution in [1.29, 1.82) is 0 Å². The zero-order valence-corrected chi connectivity index (χ0v) is 11.7. The lowest BCUT2D eigenvalue weighted by Crippen LogP contribution is -2.42. The first-order valence-electron chi connectivity index (χ1n) is 7.45. The summed E-state index contributed by atoms with van der Waals surface area (Å²) >= 11 is 0. The smallest absolute Gasteiger partial charge is 0.241 e. The number of rotatable bonds is 6. The molecule has 4 heteroatoms. The minimum atomic E-state index is -0.383. The van der Waals surface area contributed by atoms with Crippen molar-refractivity contribution in [3.63, 3.8) is 0 Å². The number of carbonyl (C=O) groups excluding carboxylic acids is 1. The standard InChI is InChI=1S/C16H21FN2O/c1-10(11-2-3-11)18-15(16(20)19-14-8-9-14)12-4-6-13(17)7-5-12/h4-7,10-11,14-15,18H,2-3,8-9H2,1H3,(H,19,20). The van der Waals surface area contributed by atoms with Crippen LogP contribution in [0.4, 0.5) is 4.39 Å². The lowest BCUT2D eigenvalue weighted by molar-refractivity contribution is -0.123. The number of halogens is 1. The SMILES string of the molecule is CC(NC(C(=O)NC1CC1)c1ccc(F)cc1)C1CC1. The maximum absolute atomic E-state index is 13.1. The predicted molar refractivity (Wildman–Crippen MR) is 75.6 cm³/mol. The first-order chi connectivity index (χ1) is 9.63. The normalized spacial score (nSPS) is 21.3. The van der Waals surface area contributed by atoms with Crippen molar-refractivity contribution in [2.75, 3.05) is 0 Å². The van der Waals surface area contributed by atoms with Gasteiger partial charge in [-0.25, -0.2) is 4.39 Å². The zero-order chi connectivity index (χ0) is 14.1. The van der Waals surface area contributed by atoms with Gasteiger partial charge in [0.2, 0.25) is 5.91 Å². The highest BCUT2D eigenvalue weighted by atomic mass is 19.1. The van der Waals surface area contributed by atoms with Crippen molar-refractivity contribution in [1.82, 2.24) is 10.6 Å². The molecule has 2 atom stereocenters. The number of amides is 1. The summed E-state index contributed by atoms with van der Waals surface area (Å²) in [4.78, 5) is 12.4. The monoisotopic (exact) mass is 276 g/mol. The summed E-state index contributed by atoms with van der Waals surface area (Å²) in [5.41, 5.74) is 0.831. The van der Waals surface area contributed by atoms with Gasteiger partial charge in [-0.05, 0) is 56.2 Å². The Bertz CT molecular complexity index is 480. The lowest BCUT2D eigenvalue weighted by atomic mass is 10.0. The van der Waals surface area contributed by atoms with E-state index in [1.807, 2.05) is 0 Å². The molecule has 0 heterocycles. The van der Waals surface area contributed by atoms with Crippen LogP contribution in [0.2, 0.25) is 0 Å². The fraction of sp³-hybridized carbons (Fsp3) is 0.562. The van der Waals surface area contributed by atoms with E-state index in [0.717, 1.165) is 18.4 Å². The minimum Gasteiger partial charge on any atom is -0.352 e. The first-order valence-corrected chi connectivity index (χ1v) is 7.45. The predicted octanol–water partition coefficient (Wildman–Crippen LogP) is 2.53. The fourth-order valence-corrected chi connectivity index (χ4v) is 2.49. The van der Waals surface area contributed by atoms with Gasteiger partial charge in [-0.15, -0.1) is 0 Å². The van der Waals surface area contributed by atoms with Gasteiger partial charge in [0, 0.05) is 12.1 Å². The first kappa shape index (κ1) is 13.6. The van der Waals surface area contributed by atoms with E-state index in [4.69, 9.17) is 0 Å². The van der Waals surface area contributed by atoms with Crippen molar-refractivity contribution in [3.05, 3.63) is 35.6 Å². The summed E-state index contributed by atoms with van der Waals surface area (Å²) in [6.07, 6.45) is 4.60. The van der Waals surface area contributed by atoms with Crippen LogP contribution < -0.4 is 10.6 Å². The average Bonchev–Trinajstić information content (AvgIpc) is 3.28. The van der Waals surface area contributed by atoms with Crippen LogP contribution in [0.5, 0.6) is 0 Å². The van der Waals surface area contributed by atoms with Crippen LogP contribution in [0.3, 0.4) is 0 Å². The van der Waals surface area contributed by atoms with E-state index in [1.165, 1.54) is 25.0 Å². The molecule has 0 spiro atoms. The lowest BCUT2D eigenvalue weighted by Gasteiger charge is -2.23. The highest BCUT2D eigenvalue weighted by Crippen LogP contribution is 2.33. The number of carbonyl (C=O) groups is 1. The van der Waals surface area contributed by atoms with Crippen LogP contribution in [0, 0.1) is 11.7 Å². The molecule has 20 heavy (non-hydrogen) atoms. The van der Waals surface area contributed by atoms with E-state index in [0.29, 0.717) is 18.0 Å². The molecule has 1 amide bonds. The molecule has 2 saturated carbocycles. The molecule has 3 nitrogen and oxygen atoms in total. The third-order valence-electron chi connectivity index (χ3n) is 4.15. The van der Waals surface area contributed by atoms with Gasteiger partial charge < -0.3 is 5.32 Å². The minimum absolute atomic E-state index is 0.00612. The highest BCUT2D eigenvalue weighted by Gasteiger charge is 2.33. The summed E-state index contributed by atoms with van der Waals surface area (Å²) in [5, 5.41) is 6.45. The van der Waals surface area contributed by atoms with Gasteiger partial charge in [0.15, 0.2) is 0 Å². The molecule has 108 valence electrons. The van der Waals surface area contributed by atoms with E-state index < -0.39 is 0 Å². The summed E-state index contributed by atoms with van der Waals surface area (Å²) < 4.78 is 13.1. The average molecular weight is 276 g/mol. The van der Waals surface area contributed by atoms with E-state index >= 15 is 0 Å². The second-order valence-electron chi connectivity index (χ2n) is 6.06. The molecule has 1 aromatic carbocycles.